The van der Waals surface area contributed by atoms with Crippen LogP contribution in [0, 0.1) is 5.82 Å². The van der Waals surface area contributed by atoms with E-state index in [0.29, 0.717) is 5.56 Å². The van der Waals surface area contributed by atoms with Crippen LogP contribution in [-0.4, -0.2) is 18.1 Å². The minimum absolute atomic E-state index is 0.0660. The average molecular weight is 209 g/mol. The smallest absolute Gasteiger partial charge is 0.159 e. The molecule has 0 spiro atoms. The maximum atomic E-state index is 13.2. The SMILES string of the molecule is CC(=O)c1ccc(F)c(CC(=O)CN)c1. The molecule has 0 saturated heterocycles. The van der Waals surface area contributed by atoms with E-state index in [1.807, 2.05) is 0 Å². The van der Waals surface area contributed by atoms with Crippen molar-refractivity contribution in [3.8, 4) is 0 Å². The van der Waals surface area contributed by atoms with E-state index in [4.69, 9.17) is 5.73 Å². The monoisotopic (exact) mass is 209 g/mol. The third-order valence-electron chi connectivity index (χ3n) is 2.07. The van der Waals surface area contributed by atoms with Crippen LogP contribution in [0.25, 0.3) is 0 Å². The van der Waals surface area contributed by atoms with Gasteiger partial charge in [-0.1, -0.05) is 0 Å². The van der Waals surface area contributed by atoms with Crippen molar-refractivity contribution in [1.82, 2.24) is 0 Å². The van der Waals surface area contributed by atoms with E-state index in [1.165, 1.54) is 25.1 Å². The van der Waals surface area contributed by atoms with Gasteiger partial charge in [0.1, 0.15) is 5.82 Å². The molecule has 0 aliphatic heterocycles. The number of nitrogens with two attached hydrogens (primary N) is 1. The van der Waals surface area contributed by atoms with E-state index in [-0.39, 0.29) is 30.1 Å². The average Bonchev–Trinajstić information content (AvgIpc) is 2.20. The molecule has 0 heterocycles. The molecule has 4 heteroatoms. The first-order valence-corrected chi connectivity index (χ1v) is 4.55. The molecule has 0 fully saturated rings. The molecule has 0 atom stereocenters. The number of rotatable bonds is 4. The van der Waals surface area contributed by atoms with E-state index in [0.717, 1.165) is 0 Å². The lowest BCUT2D eigenvalue weighted by atomic mass is 10.0. The van der Waals surface area contributed by atoms with Gasteiger partial charge in [-0.15, -0.1) is 0 Å². The first-order chi connectivity index (χ1) is 7.04. The van der Waals surface area contributed by atoms with E-state index < -0.39 is 5.82 Å². The normalized spacial score (nSPS) is 10.1. The van der Waals surface area contributed by atoms with Crippen LogP contribution >= 0.6 is 0 Å². The summed E-state index contributed by atoms with van der Waals surface area (Å²) in [7, 11) is 0. The molecule has 0 radical (unpaired) electrons. The van der Waals surface area contributed by atoms with Gasteiger partial charge in [0, 0.05) is 12.0 Å². The minimum atomic E-state index is -0.484. The van der Waals surface area contributed by atoms with Crippen LogP contribution in [0.3, 0.4) is 0 Å². The van der Waals surface area contributed by atoms with Gasteiger partial charge in [0.25, 0.3) is 0 Å². The van der Waals surface area contributed by atoms with Gasteiger partial charge in [0.2, 0.25) is 0 Å². The van der Waals surface area contributed by atoms with E-state index in [2.05, 4.69) is 0 Å². The Bertz CT molecular complexity index is 402. The van der Waals surface area contributed by atoms with Crippen LogP contribution in [0.2, 0.25) is 0 Å². The van der Waals surface area contributed by atoms with Crippen molar-refractivity contribution in [1.29, 1.82) is 0 Å². The highest BCUT2D eigenvalue weighted by Gasteiger charge is 2.09. The number of carbonyl (C=O) groups excluding carboxylic acids is 2. The second-order valence-electron chi connectivity index (χ2n) is 3.28. The van der Waals surface area contributed by atoms with Crippen LogP contribution < -0.4 is 5.73 Å². The predicted octanol–water partition coefficient (Wildman–Crippen LogP) is 1.10. The Hall–Kier alpha value is -1.55. The third-order valence-corrected chi connectivity index (χ3v) is 2.07. The summed E-state index contributed by atoms with van der Waals surface area (Å²) in [5, 5.41) is 0. The highest BCUT2D eigenvalue weighted by atomic mass is 19.1. The quantitative estimate of drug-likeness (QED) is 0.755. The van der Waals surface area contributed by atoms with Crippen molar-refractivity contribution >= 4 is 11.6 Å². The van der Waals surface area contributed by atoms with Gasteiger partial charge in [0.05, 0.1) is 6.54 Å². The van der Waals surface area contributed by atoms with Crippen molar-refractivity contribution in [3.63, 3.8) is 0 Å². The molecule has 0 amide bonds. The summed E-state index contributed by atoms with van der Waals surface area (Å²) in [5.41, 5.74) is 5.75. The van der Waals surface area contributed by atoms with Gasteiger partial charge >= 0.3 is 0 Å². The lowest BCUT2D eigenvalue weighted by molar-refractivity contribution is -0.117. The second-order valence-corrected chi connectivity index (χ2v) is 3.28. The maximum Gasteiger partial charge on any atom is 0.159 e. The molecule has 0 aromatic heterocycles. The lowest BCUT2D eigenvalue weighted by Crippen LogP contribution is -2.16. The van der Waals surface area contributed by atoms with Crippen LogP contribution in [0.4, 0.5) is 4.39 Å². The minimum Gasteiger partial charge on any atom is -0.324 e. The van der Waals surface area contributed by atoms with Crippen molar-refractivity contribution in [3.05, 3.63) is 35.1 Å². The summed E-state index contributed by atoms with van der Waals surface area (Å²) in [5.74, 6) is -0.896. The summed E-state index contributed by atoms with van der Waals surface area (Å²) < 4.78 is 13.2. The molecule has 15 heavy (non-hydrogen) atoms. The number of carbonyl (C=O) groups is 2. The van der Waals surface area contributed by atoms with Gasteiger partial charge in [-0.25, -0.2) is 4.39 Å². The molecular weight excluding hydrogens is 197 g/mol. The fraction of sp³-hybridized carbons (Fsp3) is 0.273. The number of Topliss-reactive ketones (excluding diaryl/α,β-unsaturated/α-hetero) is 2. The first-order valence-electron chi connectivity index (χ1n) is 4.55. The zero-order valence-corrected chi connectivity index (χ0v) is 8.42. The van der Waals surface area contributed by atoms with E-state index in [1.54, 1.807) is 0 Å². The van der Waals surface area contributed by atoms with Crippen molar-refractivity contribution in [2.45, 2.75) is 13.3 Å². The molecule has 1 aromatic rings. The standard InChI is InChI=1S/C11H12FNO2/c1-7(14)8-2-3-11(12)9(4-8)5-10(15)6-13/h2-4H,5-6,13H2,1H3. The number of ketones is 2. The summed E-state index contributed by atoms with van der Waals surface area (Å²) in [6.45, 7) is 1.27. The lowest BCUT2D eigenvalue weighted by Gasteiger charge is -2.03. The van der Waals surface area contributed by atoms with Crippen LogP contribution in [0.15, 0.2) is 18.2 Å². The number of hydrogen-bond acceptors (Lipinski definition) is 3. The van der Waals surface area contributed by atoms with Crippen molar-refractivity contribution in [2.75, 3.05) is 6.54 Å². The number of benzene rings is 1. The summed E-state index contributed by atoms with van der Waals surface area (Å²) in [4.78, 5) is 22.1. The Morgan fingerprint density at radius 3 is 2.60 bits per heavy atom. The highest BCUT2D eigenvalue weighted by molar-refractivity contribution is 5.94. The molecule has 1 aromatic carbocycles. The van der Waals surface area contributed by atoms with Crippen molar-refractivity contribution in [2.24, 2.45) is 5.73 Å². The predicted molar refractivity (Wildman–Crippen MR) is 54.2 cm³/mol. The topological polar surface area (TPSA) is 60.2 Å². The summed E-state index contributed by atoms with van der Waals surface area (Å²) in [6, 6.07) is 3.98. The maximum absolute atomic E-state index is 13.2. The highest BCUT2D eigenvalue weighted by Crippen LogP contribution is 2.12. The van der Waals surface area contributed by atoms with Crippen LogP contribution in [0.5, 0.6) is 0 Å². The largest absolute Gasteiger partial charge is 0.324 e. The molecule has 0 aliphatic rings. The zero-order chi connectivity index (χ0) is 11.4. The molecule has 1 rings (SSSR count). The molecule has 0 unspecified atom stereocenters. The molecule has 80 valence electrons. The van der Waals surface area contributed by atoms with Gasteiger partial charge in [-0.05, 0) is 30.7 Å². The fourth-order valence-corrected chi connectivity index (χ4v) is 1.21. The molecule has 0 saturated carbocycles. The first kappa shape index (κ1) is 11.5. The van der Waals surface area contributed by atoms with Crippen LogP contribution in [0.1, 0.15) is 22.8 Å². The zero-order valence-electron chi connectivity index (χ0n) is 8.42. The molecule has 2 N–H and O–H groups in total. The molecule has 3 nitrogen and oxygen atoms in total. The van der Waals surface area contributed by atoms with Crippen molar-refractivity contribution < 1.29 is 14.0 Å². The Morgan fingerprint density at radius 2 is 2.07 bits per heavy atom. The molecular formula is C11H12FNO2. The molecule has 0 aliphatic carbocycles. The third kappa shape index (κ3) is 2.95. The van der Waals surface area contributed by atoms with E-state index in [9.17, 15) is 14.0 Å². The number of halogens is 1. The Kier molecular flexibility index (Phi) is 3.68. The van der Waals surface area contributed by atoms with Gasteiger partial charge in [-0.2, -0.15) is 0 Å². The Morgan fingerprint density at radius 1 is 1.40 bits per heavy atom. The summed E-state index contributed by atoms with van der Waals surface area (Å²) in [6.07, 6.45) is -0.0660. The van der Waals surface area contributed by atoms with E-state index >= 15 is 0 Å². The summed E-state index contributed by atoms with van der Waals surface area (Å²) >= 11 is 0. The Balaban J connectivity index is 3.00. The second kappa shape index (κ2) is 4.79. The van der Waals surface area contributed by atoms with Gasteiger partial charge in [0.15, 0.2) is 11.6 Å². The number of hydrogen-bond donors (Lipinski definition) is 1. The fourth-order valence-electron chi connectivity index (χ4n) is 1.21. The molecule has 0 bridgehead atoms. The Labute approximate surface area is 87.1 Å². The van der Waals surface area contributed by atoms with Gasteiger partial charge < -0.3 is 5.73 Å². The van der Waals surface area contributed by atoms with Crippen LogP contribution in [-0.2, 0) is 11.2 Å². The van der Waals surface area contributed by atoms with Gasteiger partial charge in [-0.3, -0.25) is 9.59 Å².